The van der Waals surface area contributed by atoms with Crippen LogP contribution in [0.15, 0.2) is 28.9 Å². The molecule has 0 saturated carbocycles. The lowest BCUT2D eigenvalue weighted by Crippen LogP contribution is -2.48. The van der Waals surface area contributed by atoms with Crippen LogP contribution in [0.4, 0.5) is 0 Å². The molecule has 1 fully saturated rings. The summed E-state index contributed by atoms with van der Waals surface area (Å²) in [7, 11) is 1.54. The third kappa shape index (κ3) is 4.03. The van der Waals surface area contributed by atoms with Crippen molar-refractivity contribution >= 4 is 11.8 Å². The number of pyridine rings is 1. The lowest BCUT2D eigenvalue weighted by molar-refractivity contribution is 0.0616. The predicted molar refractivity (Wildman–Crippen MR) is 90.0 cm³/mol. The van der Waals surface area contributed by atoms with Gasteiger partial charge < -0.3 is 14.7 Å². The van der Waals surface area contributed by atoms with E-state index in [1.807, 2.05) is 13.0 Å². The molecular formula is C17H21N5O3. The van der Waals surface area contributed by atoms with Crippen molar-refractivity contribution in [2.24, 2.45) is 0 Å². The van der Waals surface area contributed by atoms with E-state index < -0.39 is 0 Å². The summed E-state index contributed by atoms with van der Waals surface area (Å²) in [5.41, 5.74) is 1.66. The maximum Gasteiger partial charge on any atom is 0.269 e. The average Bonchev–Trinajstić information content (AvgIpc) is 3.06. The third-order valence-electron chi connectivity index (χ3n) is 4.19. The second-order valence-electron chi connectivity index (χ2n) is 6.01. The number of carbonyl (C=O) groups excluding carboxylic acids is 2. The summed E-state index contributed by atoms with van der Waals surface area (Å²) in [5, 5.41) is 6.39. The van der Waals surface area contributed by atoms with Gasteiger partial charge in [0.2, 0.25) is 0 Å². The molecule has 132 valence electrons. The van der Waals surface area contributed by atoms with Crippen LogP contribution in [0.25, 0.3) is 0 Å². The van der Waals surface area contributed by atoms with Gasteiger partial charge in [0.25, 0.3) is 11.8 Å². The van der Waals surface area contributed by atoms with Crippen LogP contribution in [-0.2, 0) is 6.54 Å². The van der Waals surface area contributed by atoms with Gasteiger partial charge in [-0.05, 0) is 19.1 Å². The lowest BCUT2D eigenvalue weighted by atomic mass is 10.2. The number of rotatable bonds is 4. The van der Waals surface area contributed by atoms with Crippen molar-refractivity contribution in [1.29, 1.82) is 0 Å². The molecule has 3 heterocycles. The van der Waals surface area contributed by atoms with Gasteiger partial charge in [-0.25, -0.2) is 0 Å². The highest BCUT2D eigenvalue weighted by Crippen LogP contribution is 2.12. The van der Waals surface area contributed by atoms with E-state index in [9.17, 15) is 9.59 Å². The molecule has 3 rings (SSSR count). The SMILES string of the molecule is CNC(=O)c1ccc(C(=O)N2CCN(Cc3cc(C)no3)CC2)cn1. The molecule has 25 heavy (non-hydrogen) atoms. The summed E-state index contributed by atoms with van der Waals surface area (Å²) in [6.07, 6.45) is 1.45. The molecule has 0 aromatic carbocycles. The van der Waals surface area contributed by atoms with Crippen LogP contribution in [-0.4, -0.2) is 65.0 Å². The molecule has 2 amide bonds. The Bertz CT molecular complexity index is 748. The highest BCUT2D eigenvalue weighted by atomic mass is 16.5. The Hall–Kier alpha value is -2.74. The molecule has 0 radical (unpaired) electrons. The number of piperazine rings is 1. The summed E-state index contributed by atoms with van der Waals surface area (Å²) in [6.45, 7) is 5.43. The number of hydrogen-bond donors (Lipinski definition) is 1. The van der Waals surface area contributed by atoms with Gasteiger partial charge >= 0.3 is 0 Å². The number of hydrogen-bond acceptors (Lipinski definition) is 6. The van der Waals surface area contributed by atoms with Gasteiger partial charge in [-0.2, -0.15) is 0 Å². The van der Waals surface area contributed by atoms with Gasteiger partial charge in [0.1, 0.15) is 5.69 Å². The Labute approximate surface area is 145 Å². The topological polar surface area (TPSA) is 91.6 Å². The van der Waals surface area contributed by atoms with Crippen LogP contribution in [0.3, 0.4) is 0 Å². The van der Waals surface area contributed by atoms with Crippen LogP contribution in [0.2, 0.25) is 0 Å². The van der Waals surface area contributed by atoms with Gasteiger partial charge in [0.15, 0.2) is 5.76 Å². The number of aromatic nitrogens is 2. The van der Waals surface area contributed by atoms with E-state index in [2.05, 4.69) is 20.4 Å². The van der Waals surface area contributed by atoms with Gasteiger partial charge in [-0.3, -0.25) is 19.5 Å². The normalized spacial score (nSPS) is 15.2. The van der Waals surface area contributed by atoms with Gasteiger partial charge in [0.05, 0.1) is 17.8 Å². The molecule has 2 aromatic heterocycles. The molecule has 0 unspecified atom stereocenters. The molecule has 1 aliphatic heterocycles. The number of nitrogens with zero attached hydrogens (tertiary/aromatic N) is 4. The van der Waals surface area contributed by atoms with Crippen molar-refractivity contribution in [3.05, 3.63) is 47.1 Å². The van der Waals surface area contributed by atoms with Crippen LogP contribution >= 0.6 is 0 Å². The first-order chi connectivity index (χ1) is 12.1. The van der Waals surface area contributed by atoms with Crippen LogP contribution in [0.5, 0.6) is 0 Å². The van der Waals surface area contributed by atoms with Crippen LogP contribution < -0.4 is 5.32 Å². The summed E-state index contributed by atoms with van der Waals surface area (Å²) in [6, 6.07) is 5.13. The molecule has 1 N–H and O–H groups in total. The van der Waals surface area contributed by atoms with Crippen molar-refractivity contribution in [3.63, 3.8) is 0 Å². The zero-order valence-corrected chi connectivity index (χ0v) is 14.4. The van der Waals surface area contributed by atoms with Crippen molar-refractivity contribution < 1.29 is 14.1 Å². The summed E-state index contributed by atoms with van der Waals surface area (Å²) in [4.78, 5) is 32.1. The van der Waals surface area contributed by atoms with Crippen molar-refractivity contribution in [3.8, 4) is 0 Å². The monoisotopic (exact) mass is 343 g/mol. The zero-order valence-electron chi connectivity index (χ0n) is 14.4. The van der Waals surface area contributed by atoms with Crippen LogP contribution in [0.1, 0.15) is 32.3 Å². The smallest absolute Gasteiger partial charge is 0.269 e. The molecule has 0 bridgehead atoms. The first kappa shape index (κ1) is 17.1. The van der Waals surface area contributed by atoms with Crippen molar-refractivity contribution in [2.45, 2.75) is 13.5 Å². The second kappa shape index (κ2) is 7.43. The molecular weight excluding hydrogens is 322 g/mol. The molecule has 0 aliphatic carbocycles. The Morgan fingerprint density at radius 1 is 1.24 bits per heavy atom. The minimum atomic E-state index is -0.268. The summed E-state index contributed by atoms with van der Waals surface area (Å²) in [5.74, 6) is 0.507. The minimum Gasteiger partial charge on any atom is -0.360 e. The Kier molecular flexibility index (Phi) is 5.08. The maximum absolute atomic E-state index is 12.6. The quantitative estimate of drug-likeness (QED) is 0.878. The van der Waals surface area contributed by atoms with Crippen molar-refractivity contribution in [2.75, 3.05) is 33.2 Å². The minimum absolute atomic E-state index is 0.0638. The van der Waals surface area contributed by atoms with E-state index in [1.165, 1.54) is 6.20 Å². The molecule has 1 aliphatic rings. The van der Waals surface area contributed by atoms with E-state index in [0.717, 1.165) is 24.5 Å². The van der Waals surface area contributed by atoms with E-state index in [1.54, 1.807) is 24.1 Å². The summed E-state index contributed by atoms with van der Waals surface area (Å²) >= 11 is 0. The van der Waals surface area contributed by atoms with E-state index in [4.69, 9.17) is 4.52 Å². The van der Waals surface area contributed by atoms with Gasteiger partial charge in [-0.15, -0.1) is 0 Å². The van der Waals surface area contributed by atoms with E-state index in [0.29, 0.717) is 30.9 Å². The fourth-order valence-electron chi connectivity index (χ4n) is 2.79. The Morgan fingerprint density at radius 3 is 2.56 bits per heavy atom. The highest BCUT2D eigenvalue weighted by molar-refractivity contribution is 5.96. The zero-order chi connectivity index (χ0) is 17.8. The Morgan fingerprint density at radius 2 is 2.00 bits per heavy atom. The number of aryl methyl sites for hydroxylation is 1. The fraction of sp³-hybridized carbons (Fsp3) is 0.412. The van der Waals surface area contributed by atoms with Gasteiger partial charge in [0, 0.05) is 45.5 Å². The fourth-order valence-corrected chi connectivity index (χ4v) is 2.79. The molecule has 8 heteroatoms. The van der Waals surface area contributed by atoms with Crippen LogP contribution in [0, 0.1) is 6.92 Å². The molecule has 1 saturated heterocycles. The highest BCUT2D eigenvalue weighted by Gasteiger charge is 2.23. The molecule has 0 spiro atoms. The lowest BCUT2D eigenvalue weighted by Gasteiger charge is -2.34. The molecule has 8 nitrogen and oxygen atoms in total. The number of carbonyl (C=O) groups is 2. The predicted octanol–water partition coefficient (Wildman–Crippen LogP) is 0.696. The number of amides is 2. The molecule has 2 aromatic rings. The largest absolute Gasteiger partial charge is 0.360 e. The summed E-state index contributed by atoms with van der Waals surface area (Å²) < 4.78 is 5.24. The van der Waals surface area contributed by atoms with Crippen molar-refractivity contribution in [1.82, 2.24) is 25.3 Å². The number of nitrogens with one attached hydrogen (secondary N) is 1. The second-order valence-corrected chi connectivity index (χ2v) is 6.01. The maximum atomic E-state index is 12.6. The average molecular weight is 343 g/mol. The van der Waals surface area contributed by atoms with E-state index in [-0.39, 0.29) is 11.8 Å². The first-order valence-electron chi connectivity index (χ1n) is 8.19. The standard InChI is InChI=1S/C17H21N5O3/c1-12-9-14(25-20-12)11-21-5-7-22(8-6-21)17(24)13-3-4-15(19-10-13)16(23)18-2/h3-4,9-10H,5-8,11H2,1-2H3,(H,18,23). The first-order valence-corrected chi connectivity index (χ1v) is 8.19. The molecule has 0 atom stereocenters. The van der Waals surface area contributed by atoms with E-state index >= 15 is 0 Å². The third-order valence-corrected chi connectivity index (χ3v) is 4.19. The Balaban J connectivity index is 1.55. The van der Waals surface area contributed by atoms with Gasteiger partial charge in [-0.1, -0.05) is 5.16 Å².